The minimum absolute atomic E-state index is 0.218. The third-order valence-electron chi connectivity index (χ3n) is 6.70. The number of benzene rings is 1. The molecule has 35 heavy (non-hydrogen) atoms. The van der Waals surface area contributed by atoms with Crippen LogP contribution in [0, 0.1) is 5.92 Å². The number of anilines is 2. The number of aromatic nitrogens is 2. The zero-order valence-corrected chi connectivity index (χ0v) is 20.9. The van der Waals surface area contributed by atoms with E-state index >= 15 is 0 Å². The number of aliphatic hydroxyl groups excluding tert-OH is 1. The molecule has 0 aliphatic carbocycles. The van der Waals surface area contributed by atoms with Crippen LogP contribution in [-0.2, 0) is 9.47 Å². The fraction of sp³-hybridized carbons (Fsp3) is 0.615. The van der Waals surface area contributed by atoms with E-state index in [0.29, 0.717) is 30.1 Å². The maximum absolute atomic E-state index is 9.98. The molecule has 9 nitrogen and oxygen atoms in total. The molecule has 1 atom stereocenters. The van der Waals surface area contributed by atoms with E-state index in [9.17, 15) is 5.11 Å². The van der Waals surface area contributed by atoms with Gasteiger partial charge in [0.15, 0.2) is 5.82 Å². The highest BCUT2D eigenvalue weighted by Crippen LogP contribution is 2.28. The molecule has 0 spiro atoms. The van der Waals surface area contributed by atoms with Crippen molar-refractivity contribution in [3.05, 3.63) is 30.3 Å². The van der Waals surface area contributed by atoms with Crippen LogP contribution in [-0.4, -0.2) is 87.4 Å². The lowest BCUT2D eigenvalue weighted by molar-refractivity contribution is 0.0699. The second-order valence-electron chi connectivity index (χ2n) is 9.38. The molecule has 2 aliphatic heterocycles. The fourth-order valence-corrected chi connectivity index (χ4v) is 4.51. The number of rotatable bonds is 11. The first-order chi connectivity index (χ1) is 17.1. The molecule has 4 rings (SSSR count). The summed E-state index contributed by atoms with van der Waals surface area (Å²) in [6.45, 7) is 4.78. The summed E-state index contributed by atoms with van der Waals surface area (Å²) >= 11 is 0. The summed E-state index contributed by atoms with van der Waals surface area (Å²) in [5.41, 5.74) is 0.877. The smallest absolute Gasteiger partial charge is 0.163 e. The number of nitrogens with one attached hydrogen (secondary N) is 2. The second kappa shape index (κ2) is 13.0. The number of hydrogen-bond acceptors (Lipinski definition) is 9. The Hall–Kier alpha value is -2.46. The van der Waals surface area contributed by atoms with E-state index in [2.05, 4.69) is 22.6 Å². The first-order valence-electron chi connectivity index (χ1n) is 12.7. The topological polar surface area (TPSA) is 101 Å². The van der Waals surface area contributed by atoms with E-state index in [-0.39, 0.29) is 6.61 Å². The summed E-state index contributed by atoms with van der Waals surface area (Å²) in [5.74, 6) is 3.64. The van der Waals surface area contributed by atoms with Crippen molar-refractivity contribution in [2.24, 2.45) is 5.92 Å². The third-order valence-corrected chi connectivity index (χ3v) is 6.70. The zero-order chi connectivity index (χ0) is 24.5. The van der Waals surface area contributed by atoms with Crippen molar-refractivity contribution in [3.8, 4) is 17.1 Å². The molecule has 2 aromatic rings. The summed E-state index contributed by atoms with van der Waals surface area (Å²) in [6.07, 6.45) is 3.53. The number of aliphatic hydroxyl groups is 1. The first kappa shape index (κ1) is 25.6. The highest BCUT2D eigenvalue weighted by Gasteiger charge is 2.22. The van der Waals surface area contributed by atoms with Crippen LogP contribution in [0.4, 0.5) is 11.6 Å². The van der Waals surface area contributed by atoms with Crippen LogP contribution in [0.3, 0.4) is 0 Å². The van der Waals surface area contributed by atoms with Crippen molar-refractivity contribution in [2.75, 3.05) is 70.4 Å². The molecule has 1 aromatic heterocycles. The minimum atomic E-state index is -0.572. The molecule has 0 amide bonds. The lowest BCUT2D eigenvalue weighted by atomic mass is 10.0. The molecule has 2 fully saturated rings. The van der Waals surface area contributed by atoms with E-state index in [1.54, 1.807) is 7.05 Å². The van der Waals surface area contributed by atoms with Gasteiger partial charge in [0.25, 0.3) is 0 Å². The maximum atomic E-state index is 9.98. The van der Waals surface area contributed by atoms with Crippen molar-refractivity contribution in [1.82, 2.24) is 15.3 Å². The predicted molar refractivity (Wildman–Crippen MR) is 137 cm³/mol. The molecule has 2 saturated heterocycles. The van der Waals surface area contributed by atoms with Crippen LogP contribution < -0.4 is 20.3 Å². The van der Waals surface area contributed by atoms with Crippen molar-refractivity contribution < 1.29 is 19.3 Å². The highest BCUT2D eigenvalue weighted by molar-refractivity contribution is 5.63. The van der Waals surface area contributed by atoms with Crippen molar-refractivity contribution in [3.63, 3.8) is 0 Å². The molecule has 0 bridgehead atoms. The third kappa shape index (κ3) is 7.51. The summed E-state index contributed by atoms with van der Waals surface area (Å²) in [5, 5.41) is 16.5. The SMILES string of the molecule is CNCC(O)COc1cccc(-c2nc(NCC3CCOCC3)cc(N(C)C3CCOCC3)n2)c1. The van der Waals surface area contributed by atoms with Crippen molar-refractivity contribution >= 4 is 11.6 Å². The van der Waals surface area contributed by atoms with Crippen LogP contribution in [0.25, 0.3) is 11.4 Å². The number of nitrogens with zero attached hydrogens (tertiary/aromatic N) is 3. The lowest BCUT2D eigenvalue weighted by Gasteiger charge is -2.32. The first-order valence-corrected chi connectivity index (χ1v) is 12.7. The number of hydrogen-bond donors (Lipinski definition) is 3. The Morgan fingerprint density at radius 3 is 2.57 bits per heavy atom. The minimum Gasteiger partial charge on any atom is -0.491 e. The monoisotopic (exact) mass is 485 g/mol. The van der Waals surface area contributed by atoms with Gasteiger partial charge in [0.2, 0.25) is 0 Å². The zero-order valence-electron chi connectivity index (χ0n) is 20.9. The van der Waals surface area contributed by atoms with E-state index < -0.39 is 6.10 Å². The Labute approximate surface area is 208 Å². The van der Waals surface area contributed by atoms with Gasteiger partial charge in [0.1, 0.15) is 30.1 Å². The Bertz CT molecular complexity index is 918. The summed E-state index contributed by atoms with van der Waals surface area (Å²) in [6, 6.07) is 10.2. The average molecular weight is 486 g/mol. The Morgan fingerprint density at radius 2 is 1.83 bits per heavy atom. The quantitative estimate of drug-likeness (QED) is 0.443. The van der Waals surface area contributed by atoms with Crippen LogP contribution in [0.2, 0.25) is 0 Å². The average Bonchev–Trinajstić information content (AvgIpc) is 2.91. The molecule has 9 heteroatoms. The summed E-state index contributed by atoms with van der Waals surface area (Å²) in [4.78, 5) is 12.1. The van der Waals surface area contributed by atoms with Gasteiger partial charge in [0, 0.05) is 64.2 Å². The van der Waals surface area contributed by atoms with E-state index in [4.69, 9.17) is 24.2 Å². The molecular formula is C26H39N5O4. The molecule has 1 aromatic carbocycles. The van der Waals surface area contributed by atoms with Gasteiger partial charge in [-0.05, 0) is 50.8 Å². The maximum Gasteiger partial charge on any atom is 0.163 e. The van der Waals surface area contributed by atoms with Crippen LogP contribution >= 0.6 is 0 Å². The molecule has 192 valence electrons. The van der Waals surface area contributed by atoms with Crippen LogP contribution in [0.1, 0.15) is 25.7 Å². The van der Waals surface area contributed by atoms with Gasteiger partial charge in [0.05, 0.1) is 0 Å². The van der Waals surface area contributed by atoms with Crippen LogP contribution in [0.5, 0.6) is 5.75 Å². The van der Waals surface area contributed by atoms with Gasteiger partial charge in [-0.15, -0.1) is 0 Å². The van der Waals surface area contributed by atoms with Gasteiger partial charge in [-0.2, -0.15) is 0 Å². The standard InChI is InChI=1S/C26H39N5O4/c1-27-17-22(32)18-35-23-5-3-4-20(14-23)26-29-24(28-16-19-6-10-33-11-7-19)15-25(30-26)31(2)21-8-12-34-13-9-21/h3-5,14-15,19,21-22,27,32H,6-13,16-18H2,1-2H3,(H,28,29,30). The van der Waals surface area contributed by atoms with Gasteiger partial charge >= 0.3 is 0 Å². The Kier molecular flexibility index (Phi) is 9.53. The van der Waals surface area contributed by atoms with E-state index in [1.165, 1.54) is 0 Å². The number of likely N-dealkylation sites (N-methyl/N-ethyl adjacent to an activating group) is 1. The molecule has 1 unspecified atom stereocenters. The normalized spacial score (nSPS) is 18.3. The summed E-state index contributed by atoms with van der Waals surface area (Å²) in [7, 11) is 3.91. The fourth-order valence-electron chi connectivity index (χ4n) is 4.51. The van der Waals surface area contributed by atoms with Gasteiger partial charge in [-0.25, -0.2) is 9.97 Å². The Balaban J connectivity index is 1.55. The van der Waals surface area contributed by atoms with E-state index in [1.807, 2.05) is 30.3 Å². The molecule has 0 saturated carbocycles. The van der Waals surface area contributed by atoms with Gasteiger partial charge in [-0.3, -0.25) is 0 Å². The largest absolute Gasteiger partial charge is 0.491 e. The lowest BCUT2D eigenvalue weighted by Crippen LogP contribution is -2.37. The van der Waals surface area contributed by atoms with Gasteiger partial charge < -0.3 is 34.9 Å². The molecule has 3 N–H and O–H groups in total. The highest BCUT2D eigenvalue weighted by atomic mass is 16.5. The number of ether oxygens (including phenoxy) is 3. The predicted octanol–water partition coefficient (Wildman–Crippen LogP) is 2.56. The summed E-state index contributed by atoms with van der Waals surface area (Å²) < 4.78 is 16.9. The second-order valence-corrected chi connectivity index (χ2v) is 9.38. The molecular weight excluding hydrogens is 446 g/mol. The van der Waals surface area contributed by atoms with Gasteiger partial charge in [-0.1, -0.05) is 12.1 Å². The van der Waals surface area contributed by atoms with Crippen molar-refractivity contribution in [1.29, 1.82) is 0 Å². The molecule has 0 radical (unpaired) electrons. The van der Waals surface area contributed by atoms with Crippen molar-refractivity contribution in [2.45, 2.75) is 37.8 Å². The molecule has 3 heterocycles. The Morgan fingerprint density at radius 1 is 1.09 bits per heavy atom. The van der Waals surface area contributed by atoms with Crippen LogP contribution in [0.15, 0.2) is 30.3 Å². The molecule has 2 aliphatic rings. The van der Waals surface area contributed by atoms with E-state index in [0.717, 1.165) is 75.9 Å².